The topological polar surface area (TPSA) is 196 Å². The molecule has 0 spiro atoms. The van der Waals surface area contributed by atoms with Crippen LogP contribution in [0.2, 0.25) is 0 Å². The van der Waals surface area contributed by atoms with Gasteiger partial charge in [-0.1, -0.05) is 78.7 Å². The number of unbranched alkanes of at least 4 members (excludes halogenated alkanes) is 2. The molecule has 2 N–H and O–H groups in total. The van der Waals surface area contributed by atoms with Gasteiger partial charge in [-0.15, -0.1) is 6.58 Å². The van der Waals surface area contributed by atoms with Gasteiger partial charge in [0.15, 0.2) is 0 Å². The van der Waals surface area contributed by atoms with Crippen molar-refractivity contribution in [1.82, 2.24) is 4.90 Å². The number of hydrogen-bond acceptors (Lipinski definition) is 12. The zero-order valence-corrected chi connectivity index (χ0v) is 39.1. The van der Waals surface area contributed by atoms with Crippen molar-refractivity contribution < 1.29 is 43.9 Å². The summed E-state index contributed by atoms with van der Waals surface area (Å²) in [6.07, 6.45) is 11.3. The molecule has 0 radical (unpaired) electrons. The molecule has 2 aliphatic carbocycles. The van der Waals surface area contributed by atoms with Gasteiger partial charge in [-0.2, -0.15) is 0 Å². The first-order valence-electron chi connectivity index (χ1n) is 23.9. The third-order valence-electron chi connectivity index (χ3n) is 13.6. The van der Waals surface area contributed by atoms with Crippen molar-refractivity contribution in [3.05, 3.63) is 176 Å². The van der Waals surface area contributed by atoms with Gasteiger partial charge in [-0.25, -0.2) is 0 Å². The molecule has 0 aromatic heterocycles. The van der Waals surface area contributed by atoms with E-state index in [2.05, 4.69) is 12.7 Å². The summed E-state index contributed by atoms with van der Waals surface area (Å²) in [5, 5.41) is 50.0. The predicted octanol–water partition coefficient (Wildman–Crippen LogP) is 10.8. The molecule has 6 unspecified atom stereocenters. The minimum atomic E-state index is -1.57. The van der Waals surface area contributed by atoms with E-state index in [1.165, 1.54) is 30.3 Å². The molecular formula is C55H58N4O11. The Balaban J connectivity index is 1.35. The average molecular weight is 951 g/mol. The van der Waals surface area contributed by atoms with Crippen molar-refractivity contribution in [3.63, 3.8) is 0 Å². The van der Waals surface area contributed by atoms with Crippen molar-refractivity contribution in [2.45, 2.75) is 76.2 Å². The smallest absolute Gasteiger partial charge is 0.273 e. The Morgan fingerprint density at radius 2 is 1.61 bits per heavy atom. The van der Waals surface area contributed by atoms with Crippen molar-refractivity contribution in [2.75, 3.05) is 26.4 Å². The lowest BCUT2D eigenvalue weighted by Gasteiger charge is -2.60. The molecule has 15 nitrogen and oxygen atoms in total. The lowest BCUT2D eigenvalue weighted by molar-refractivity contribution is -0.385. The van der Waals surface area contributed by atoms with Crippen LogP contribution in [-0.2, 0) is 20.9 Å². The van der Waals surface area contributed by atoms with E-state index in [-0.39, 0.29) is 80.2 Å². The maximum absolute atomic E-state index is 15.4. The van der Waals surface area contributed by atoms with Crippen LogP contribution >= 0.6 is 0 Å². The van der Waals surface area contributed by atoms with Gasteiger partial charge in [-0.3, -0.25) is 25.0 Å². The SMILES string of the molecule is C=CCOC12Oc3ccc(Oc4cccc([N+](=O)[O-])c4)cc3C3C(CCCCO)C(CCCCO)C=C(C(=NOCC)CC1N(Cc1cccc4ccccc14)C(=O)C=Cc1ccc([N+](=O)[O-])cc1)C32. The molecule has 5 aromatic carbocycles. The highest BCUT2D eigenvalue weighted by atomic mass is 16.7. The molecule has 5 aromatic rings. The minimum absolute atomic E-state index is 0.0210. The van der Waals surface area contributed by atoms with Crippen LogP contribution in [0.3, 0.4) is 0 Å². The van der Waals surface area contributed by atoms with Crippen LogP contribution in [0, 0.1) is 38.0 Å². The molecule has 364 valence electrons. The highest BCUT2D eigenvalue weighted by molar-refractivity contribution is 6.03. The van der Waals surface area contributed by atoms with Crippen LogP contribution in [0.15, 0.2) is 145 Å². The molecule has 15 heteroatoms. The van der Waals surface area contributed by atoms with Gasteiger partial charge in [0.1, 0.15) is 29.9 Å². The summed E-state index contributed by atoms with van der Waals surface area (Å²) in [6.45, 7) is 6.45. The second-order valence-electron chi connectivity index (χ2n) is 17.8. The first-order valence-corrected chi connectivity index (χ1v) is 23.9. The van der Waals surface area contributed by atoms with E-state index in [1.807, 2.05) is 61.5 Å². The van der Waals surface area contributed by atoms with Crippen LogP contribution in [0.1, 0.15) is 74.5 Å². The third-order valence-corrected chi connectivity index (χ3v) is 13.6. The van der Waals surface area contributed by atoms with Gasteiger partial charge in [0.25, 0.3) is 11.4 Å². The Hall–Kier alpha value is -7.20. The number of benzene rings is 5. The Morgan fingerprint density at radius 1 is 0.886 bits per heavy atom. The molecule has 1 fully saturated rings. The first-order chi connectivity index (χ1) is 34.1. The summed E-state index contributed by atoms with van der Waals surface area (Å²) in [5.74, 6) is -1.78. The van der Waals surface area contributed by atoms with Gasteiger partial charge in [-0.05, 0) is 114 Å². The largest absolute Gasteiger partial charge is 0.459 e. The van der Waals surface area contributed by atoms with E-state index in [1.54, 1.807) is 47.4 Å². The van der Waals surface area contributed by atoms with E-state index >= 15 is 4.79 Å². The van der Waals surface area contributed by atoms with Crippen LogP contribution < -0.4 is 9.47 Å². The minimum Gasteiger partial charge on any atom is -0.459 e. The lowest BCUT2D eigenvalue weighted by atomic mass is 9.55. The fourth-order valence-corrected chi connectivity index (χ4v) is 10.6. The van der Waals surface area contributed by atoms with Crippen LogP contribution in [-0.4, -0.2) is 74.8 Å². The molecule has 0 saturated heterocycles. The maximum atomic E-state index is 15.4. The Labute approximate surface area is 406 Å². The molecule has 1 saturated carbocycles. The van der Waals surface area contributed by atoms with Crippen molar-refractivity contribution in [1.29, 1.82) is 0 Å². The van der Waals surface area contributed by atoms with E-state index in [0.717, 1.165) is 40.3 Å². The molecule has 6 atom stereocenters. The van der Waals surface area contributed by atoms with Gasteiger partial charge in [0.2, 0.25) is 11.7 Å². The summed E-state index contributed by atoms with van der Waals surface area (Å²) in [7, 11) is 0. The Kier molecular flexibility index (Phi) is 15.8. The fourth-order valence-electron chi connectivity index (χ4n) is 10.6. The normalized spacial score (nSPS) is 21.8. The molecular weight excluding hydrogens is 893 g/mol. The second-order valence-corrected chi connectivity index (χ2v) is 17.8. The molecule has 0 bridgehead atoms. The summed E-state index contributed by atoms with van der Waals surface area (Å²) >= 11 is 0. The van der Waals surface area contributed by atoms with Gasteiger partial charge < -0.3 is 34.2 Å². The molecule has 70 heavy (non-hydrogen) atoms. The second kappa shape index (κ2) is 22.5. The number of aliphatic hydroxyl groups is 2. The molecule has 1 amide bonds. The number of fused-ring (bicyclic) bond motifs is 3. The number of aliphatic hydroxyl groups excluding tert-OH is 2. The van der Waals surface area contributed by atoms with Gasteiger partial charge in [0, 0.05) is 61.9 Å². The third kappa shape index (κ3) is 10.5. The Morgan fingerprint density at radius 3 is 2.36 bits per heavy atom. The van der Waals surface area contributed by atoms with Crippen LogP contribution in [0.5, 0.6) is 17.2 Å². The number of hydrogen-bond donors (Lipinski definition) is 2. The number of oxime groups is 1. The summed E-state index contributed by atoms with van der Waals surface area (Å²) in [6, 6.07) is 30.6. The first kappa shape index (κ1) is 49.2. The fraction of sp³-hybridized carbons (Fsp3) is 0.345. The number of amides is 1. The lowest BCUT2D eigenvalue weighted by Crippen LogP contribution is -2.70. The maximum Gasteiger partial charge on any atom is 0.273 e. The number of allylic oxidation sites excluding steroid dienone is 1. The van der Waals surface area contributed by atoms with Crippen molar-refractivity contribution in [2.24, 2.45) is 22.9 Å². The zero-order valence-electron chi connectivity index (χ0n) is 39.1. The van der Waals surface area contributed by atoms with E-state index < -0.39 is 27.6 Å². The number of non-ortho nitro benzene ring substituents is 2. The van der Waals surface area contributed by atoms with Crippen molar-refractivity contribution in [3.8, 4) is 17.2 Å². The number of nitro groups is 2. The van der Waals surface area contributed by atoms with Gasteiger partial charge in [0.05, 0.1) is 34.1 Å². The quantitative estimate of drug-likeness (QED) is 0.0220. The van der Waals surface area contributed by atoms with Crippen LogP contribution in [0.4, 0.5) is 11.4 Å². The van der Waals surface area contributed by atoms with Crippen LogP contribution in [0.25, 0.3) is 16.8 Å². The molecule has 8 rings (SSSR count). The monoisotopic (exact) mass is 950 g/mol. The van der Waals surface area contributed by atoms with Gasteiger partial charge >= 0.3 is 0 Å². The summed E-state index contributed by atoms with van der Waals surface area (Å²) in [5.41, 5.74) is 3.60. The average Bonchev–Trinajstić information content (AvgIpc) is 3.37. The number of nitro benzene ring substituents is 2. The number of carbonyl (C=O) groups excluding carboxylic acids is 1. The highest BCUT2D eigenvalue weighted by Crippen LogP contribution is 2.62. The van der Waals surface area contributed by atoms with E-state index in [4.69, 9.17) is 24.2 Å². The zero-order chi connectivity index (χ0) is 49.2. The summed E-state index contributed by atoms with van der Waals surface area (Å²) in [4.78, 5) is 45.4. The number of carbonyl (C=O) groups is 1. The molecule has 1 heterocycles. The molecule has 3 aliphatic rings. The predicted molar refractivity (Wildman–Crippen MR) is 266 cm³/mol. The Bertz CT molecular complexity index is 2790. The summed E-state index contributed by atoms with van der Waals surface area (Å²) < 4.78 is 21.0. The molecule has 1 aliphatic heterocycles. The highest BCUT2D eigenvalue weighted by Gasteiger charge is 2.65. The van der Waals surface area contributed by atoms with Crippen molar-refractivity contribution >= 4 is 39.8 Å². The number of rotatable bonds is 22. The standard InChI is InChI=1S/C55H58N4O11/c1-3-31-67-55-51(57(36-40-16-11-15-38-13-5-6-19-45(38)40)52(62)28-23-37-21-24-41(25-22-37)58(63)64)35-49(56-68-4-2)47-32-39(14-7-9-29-60)46(20-8-10-30-61)53(54(47)55)48-34-44(26-27-50(48)70-55)69-43-18-12-17-42(33-43)59(65)66/h3,5-6,11-13,15-19,21-28,32-34,39,46,51,53-54,60-61H,1,4,7-10,14,20,29-31,35-36H2,2H3. The number of nitrogens with zero attached hydrogens (tertiary/aromatic N) is 4. The van der Waals surface area contributed by atoms with E-state index in [9.17, 15) is 30.4 Å². The number of ether oxygens (including phenoxy) is 3. The van der Waals surface area contributed by atoms with E-state index in [0.29, 0.717) is 48.5 Å².